The van der Waals surface area contributed by atoms with Gasteiger partial charge in [-0.1, -0.05) is 42.5 Å². The highest BCUT2D eigenvalue weighted by molar-refractivity contribution is 9.10. The van der Waals surface area contributed by atoms with E-state index in [0.29, 0.717) is 0 Å². The van der Waals surface area contributed by atoms with E-state index in [-0.39, 0.29) is 0 Å². The summed E-state index contributed by atoms with van der Waals surface area (Å²) in [5.41, 5.74) is 3.46. The number of halogens is 1. The fourth-order valence-corrected chi connectivity index (χ4v) is 2.49. The number of benzene rings is 2. The molecule has 1 heterocycles. The van der Waals surface area contributed by atoms with Crippen LogP contribution in [-0.4, -0.2) is 0 Å². The van der Waals surface area contributed by atoms with Crippen molar-refractivity contribution >= 4 is 26.9 Å². The van der Waals surface area contributed by atoms with E-state index in [0.717, 1.165) is 16.5 Å². The van der Waals surface area contributed by atoms with Gasteiger partial charge in [-0.25, -0.2) is 0 Å². The van der Waals surface area contributed by atoms with Crippen LogP contribution in [-0.2, 0) is 6.42 Å². The van der Waals surface area contributed by atoms with Gasteiger partial charge in [0.25, 0.3) is 0 Å². The zero-order valence-corrected chi connectivity index (χ0v) is 10.8. The fraction of sp³-hybridized carbons (Fsp3) is 0.0667. The minimum atomic E-state index is 0.907. The first-order valence-electron chi connectivity index (χ1n) is 5.53. The molecule has 0 aliphatic rings. The summed E-state index contributed by atoms with van der Waals surface area (Å²) < 4.78 is 6.61. The molecule has 3 aromatic rings. The van der Waals surface area contributed by atoms with E-state index < -0.39 is 0 Å². The van der Waals surface area contributed by atoms with Gasteiger partial charge in [0.2, 0.25) is 0 Å². The number of para-hydroxylation sites is 1. The van der Waals surface area contributed by atoms with Crippen molar-refractivity contribution in [3.63, 3.8) is 0 Å². The third-order valence-corrected chi connectivity index (χ3v) is 3.49. The van der Waals surface area contributed by atoms with Gasteiger partial charge in [-0.3, -0.25) is 0 Å². The van der Waals surface area contributed by atoms with Gasteiger partial charge < -0.3 is 4.42 Å². The monoisotopic (exact) mass is 286 g/mol. The Bertz CT molecular complexity index is 640. The molecule has 84 valence electrons. The molecular formula is C15H11BrO. The van der Waals surface area contributed by atoms with Crippen molar-refractivity contribution in [2.24, 2.45) is 0 Å². The fourth-order valence-electron chi connectivity index (χ4n) is 2.03. The summed E-state index contributed by atoms with van der Waals surface area (Å²) in [6.07, 6.45) is 2.76. The number of rotatable bonds is 2. The van der Waals surface area contributed by atoms with Crippen molar-refractivity contribution < 1.29 is 4.42 Å². The molecule has 0 fully saturated rings. The summed E-state index contributed by atoms with van der Waals surface area (Å²) in [6.45, 7) is 0. The van der Waals surface area contributed by atoms with E-state index >= 15 is 0 Å². The van der Waals surface area contributed by atoms with Gasteiger partial charge in [0.05, 0.1) is 10.7 Å². The van der Waals surface area contributed by atoms with Crippen molar-refractivity contribution in [3.05, 3.63) is 70.4 Å². The predicted molar refractivity (Wildman–Crippen MR) is 73.2 cm³/mol. The molecule has 0 atom stereocenters. The smallest absolute Gasteiger partial charge is 0.148 e. The zero-order valence-electron chi connectivity index (χ0n) is 9.19. The Kier molecular flexibility index (Phi) is 2.73. The average molecular weight is 287 g/mol. The second kappa shape index (κ2) is 4.38. The Labute approximate surface area is 108 Å². The molecule has 2 aromatic carbocycles. The van der Waals surface area contributed by atoms with Crippen LogP contribution in [0.2, 0.25) is 0 Å². The molecular weight excluding hydrogens is 276 g/mol. The quantitative estimate of drug-likeness (QED) is 0.660. The Hall–Kier alpha value is -1.54. The highest BCUT2D eigenvalue weighted by atomic mass is 79.9. The maximum atomic E-state index is 5.61. The summed E-state index contributed by atoms with van der Waals surface area (Å²) in [7, 11) is 0. The molecule has 17 heavy (non-hydrogen) atoms. The van der Waals surface area contributed by atoms with Crippen molar-refractivity contribution in [1.29, 1.82) is 0 Å². The normalized spacial score (nSPS) is 10.9. The second-order valence-corrected chi connectivity index (χ2v) is 4.89. The molecule has 0 amide bonds. The molecule has 1 nitrogen and oxygen atoms in total. The summed E-state index contributed by atoms with van der Waals surface area (Å²) >= 11 is 3.50. The lowest BCUT2D eigenvalue weighted by atomic mass is 10.0. The SMILES string of the molecule is Brc1cccc2c(Cc3ccccc3)coc12. The van der Waals surface area contributed by atoms with Gasteiger partial charge in [-0.15, -0.1) is 0 Å². The van der Waals surface area contributed by atoms with Crippen LogP contribution in [0.25, 0.3) is 11.0 Å². The van der Waals surface area contributed by atoms with Gasteiger partial charge in [-0.2, -0.15) is 0 Å². The third-order valence-electron chi connectivity index (χ3n) is 2.87. The van der Waals surface area contributed by atoms with Gasteiger partial charge in [0.15, 0.2) is 0 Å². The first kappa shape index (κ1) is 10.6. The number of hydrogen-bond acceptors (Lipinski definition) is 1. The van der Waals surface area contributed by atoms with Crippen LogP contribution in [0.15, 0.2) is 63.7 Å². The van der Waals surface area contributed by atoms with E-state index in [1.54, 1.807) is 0 Å². The van der Waals surface area contributed by atoms with Crippen molar-refractivity contribution in [2.45, 2.75) is 6.42 Å². The molecule has 0 saturated carbocycles. The first-order valence-corrected chi connectivity index (χ1v) is 6.32. The number of fused-ring (bicyclic) bond motifs is 1. The maximum absolute atomic E-state index is 5.61. The Morgan fingerprint density at radius 2 is 1.76 bits per heavy atom. The van der Waals surface area contributed by atoms with Crippen LogP contribution in [0, 0.1) is 0 Å². The predicted octanol–water partition coefficient (Wildman–Crippen LogP) is 4.79. The number of hydrogen-bond donors (Lipinski definition) is 0. The maximum Gasteiger partial charge on any atom is 0.148 e. The largest absolute Gasteiger partial charge is 0.463 e. The van der Waals surface area contributed by atoms with Crippen LogP contribution < -0.4 is 0 Å². The molecule has 0 N–H and O–H groups in total. The Balaban J connectivity index is 2.05. The van der Waals surface area contributed by atoms with E-state index in [4.69, 9.17) is 4.42 Å². The molecule has 2 heteroatoms. The van der Waals surface area contributed by atoms with E-state index in [2.05, 4.69) is 46.3 Å². The molecule has 0 saturated heterocycles. The topological polar surface area (TPSA) is 13.1 Å². The van der Waals surface area contributed by atoms with E-state index in [9.17, 15) is 0 Å². The minimum Gasteiger partial charge on any atom is -0.463 e. The molecule has 3 rings (SSSR count). The molecule has 0 bridgehead atoms. The third kappa shape index (κ3) is 2.01. The Morgan fingerprint density at radius 1 is 0.941 bits per heavy atom. The summed E-state index contributed by atoms with van der Waals surface area (Å²) in [5, 5.41) is 1.18. The van der Waals surface area contributed by atoms with Crippen LogP contribution in [0.1, 0.15) is 11.1 Å². The van der Waals surface area contributed by atoms with Gasteiger partial charge in [-0.05, 0) is 27.6 Å². The molecule has 0 radical (unpaired) electrons. The highest BCUT2D eigenvalue weighted by Gasteiger charge is 2.08. The lowest BCUT2D eigenvalue weighted by Crippen LogP contribution is -1.85. The van der Waals surface area contributed by atoms with Crippen LogP contribution in [0.5, 0.6) is 0 Å². The average Bonchev–Trinajstić information content (AvgIpc) is 2.76. The van der Waals surface area contributed by atoms with E-state index in [1.807, 2.05) is 24.5 Å². The minimum absolute atomic E-state index is 0.907. The van der Waals surface area contributed by atoms with Gasteiger partial charge in [0, 0.05) is 17.4 Å². The molecule has 0 aliphatic heterocycles. The summed E-state index contributed by atoms with van der Waals surface area (Å²) in [4.78, 5) is 0. The van der Waals surface area contributed by atoms with Crippen molar-refractivity contribution in [2.75, 3.05) is 0 Å². The van der Waals surface area contributed by atoms with Crippen molar-refractivity contribution in [1.82, 2.24) is 0 Å². The zero-order chi connectivity index (χ0) is 11.7. The highest BCUT2D eigenvalue weighted by Crippen LogP contribution is 2.29. The van der Waals surface area contributed by atoms with Crippen molar-refractivity contribution in [3.8, 4) is 0 Å². The lowest BCUT2D eigenvalue weighted by Gasteiger charge is -1.99. The lowest BCUT2D eigenvalue weighted by molar-refractivity contribution is 0.610. The van der Waals surface area contributed by atoms with Crippen LogP contribution >= 0.6 is 15.9 Å². The summed E-state index contributed by atoms with van der Waals surface area (Å²) in [6, 6.07) is 16.6. The standard InChI is InChI=1S/C15H11BrO/c16-14-8-4-7-13-12(10-17-15(13)14)9-11-5-2-1-3-6-11/h1-8,10H,9H2. The Morgan fingerprint density at radius 3 is 2.59 bits per heavy atom. The molecule has 1 aromatic heterocycles. The number of furan rings is 1. The van der Waals surface area contributed by atoms with Gasteiger partial charge in [0.1, 0.15) is 5.58 Å². The first-order chi connectivity index (χ1) is 8.34. The molecule has 0 spiro atoms. The van der Waals surface area contributed by atoms with Crippen LogP contribution in [0.4, 0.5) is 0 Å². The molecule has 0 aliphatic carbocycles. The van der Waals surface area contributed by atoms with Crippen LogP contribution in [0.3, 0.4) is 0 Å². The molecule has 0 unspecified atom stereocenters. The summed E-state index contributed by atoms with van der Waals surface area (Å²) in [5.74, 6) is 0. The van der Waals surface area contributed by atoms with Gasteiger partial charge >= 0.3 is 0 Å². The second-order valence-electron chi connectivity index (χ2n) is 4.04. The van der Waals surface area contributed by atoms with E-state index in [1.165, 1.54) is 16.5 Å².